The van der Waals surface area contributed by atoms with E-state index in [2.05, 4.69) is 5.32 Å². The third-order valence-electron chi connectivity index (χ3n) is 6.34. The van der Waals surface area contributed by atoms with E-state index < -0.39 is 28.5 Å². The van der Waals surface area contributed by atoms with Gasteiger partial charge in [0.1, 0.15) is 12.6 Å². The summed E-state index contributed by atoms with van der Waals surface area (Å²) in [5.41, 5.74) is 2.03. The number of nitrogens with one attached hydrogen (secondary N) is 1. The monoisotopic (exact) mass is 601 g/mol. The molecule has 3 aromatic carbocycles. The summed E-state index contributed by atoms with van der Waals surface area (Å²) >= 11 is 7.70. The average Bonchev–Trinajstić information content (AvgIpc) is 2.93. The molecule has 1 N–H and O–H groups in total. The minimum atomic E-state index is -4.11. The summed E-state index contributed by atoms with van der Waals surface area (Å²) in [6.45, 7) is 7.56. The number of rotatable bonds is 12. The number of sulfonamides is 1. The Morgan fingerprint density at radius 3 is 2.20 bits per heavy atom. The van der Waals surface area contributed by atoms with E-state index in [1.807, 2.05) is 33.1 Å². The molecule has 0 aromatic heterocycles. The van der Waals surface area contributed by atoms with Crippen LogP contribution in [0.5, 0.6) is 0 Å². The van der Waals surface area contributed by atoms with Crippen molar-refractivity contribution < 1.29 is 18.0 Å². The van der Waals surface area contributed by atoms with Gasteiger partial charge in [0.15, 0.2) is 0 Å². The van der Waals surface area contributed by atoms with Crippen molar-refractivity contribution in [3.05, 3.63) is 88.9 Å². The number of benzene rings is 3. The number of anilines is 1. The van der Waals surface area contributed by atoms with Crippen molar-refractivity contribution in [3.63, 3.8) is 0 Å². The summed E-state index contributed by atoms with van der Waals surface area (Å²) in [5, 5.41) is 3.38. The van der Waals surface area contributed by atoms with Gasteiger partial charge in [-0.3, -0.25) is 13.9 Å². The van der Waals surface area contributed by atoms with E-state index in [1.165, 1.54) is 16.7 Å². The number of carbonyl (C=O) groups excluding carboxylic acids is 2. The highest BCUT2D eigenvalue weighted by Crippen LogP contribution is 2.26. The van der Waals surface area contributed by atoms with Crippen LogP contribution in [-0.2, 0) is 26.2 Å². The van der Waals surface area contributed by atoms with Crippen molar-refractivity contribution in [1.82, 2.24) is 10.2 Å². The molecule has 3 rings (SSSR count). The molecule has 214 valence electrons. The highest BCUT2D eigenvalue weighted by molar-refractivity contribution is 7.98. The number of carbonyl (C=O) groups is 2. The Morgan fingerprint density at radius 2 is 1.62 bits per heavy atom. The number of halogens is 1. The second-order valence-corrected chi connectivity index (χ2v) is 13.2. The molecule has 7 nitrogen and oxygen atoms in total. The molecular formula is C30H36ClN3O4S2. The molecule has 0 heterocycles. The number of nitrogens with zero attached hydrogens (tertiary/aromatic N) is 2. The van der Waals surface area contributed by atoms with Gasteiger partial charge < -0.3 is 10.2 Å². The molecule has 2 amide bonds. The lowest BCUT2D eigenvalue weighted by atomic mass is 10.1. The summed E-state index contributed by atoms with van der Waals surface area (Å²) < 4.78 is 28.9. The molecule has 0 aliphatic heterocycles. The Bertz CT molecular complexity index is 1410. The third kappa shape index (κ3) is 8.25. The number of thioether (sulfide) groups is 1. The molecule has 0 saturated carbocycles. The minimum absolute atomic E-state index is 0.0720. The molecule has 3 aromatic rings. The highest BCUT2D eigenvalue weighted by atomic mass is 35.5. The highest BCUT2D eigenvalue weighted by Gasteiger charge is 2.32. The van der Waals surface area contributed by atoms with Crippen LogP contribution in [0, 0.1) is 12.8 Å². The zero-order chi connectivity index (χ0) is 29.4. The van der Waals surface area contributed by atoms with Crippen LogP contribution < -0.4 is 9.62 Å². The largest absolute Gasteiger partial charge is 0.354 e. The predicted octanol–water partition coefficient (Wildman–Crippen LogP) is 5.76. The molecule has 0 radical (unpaired) electrons. The Labute approximate surface area is 247 Å². The zero-order valence-electron chi connectivity index (χ0n) is 23.4. The topological polar surface area (TPSA) is 86.8 Å². The van der Waals surface area contributed by atoms with Crippen LogP contribution in [-0.4, -0.2) is 50.5 Å². The number of hydrogen-bond donors (Lipinski definition) is 1. The van der Waals surface area contributed by atoms with Crippen molar-refractivity contribution in [3.8, 4) is 0 Å². The van der Waals surface area contributed by atoms with E-state index in [4.69, 9.17) is 11.6 Å². The van der Waals surface area contributed by atoms with Crippen molar-refractivity contribution in [2.24, 2.45) is 5.92 Å². The van der Waals surface area contributed by atoms with Crippen molar-refractivity contribution in [1.29, 1.82) is 0 Å². The Morgan fingerprint density at radius 1 is 0.975 bits per heavy atom. The number of amides is 2. The number of aryl methyl sites for hydroxylation is 1. The second-order valence-electron chi connectivity index (χ2n) is 9.99. The standard InChI is InChI=1S/C30H36ClN3O4S2/c1-21(2)18-32-30(36)23(4)33(19-24-7-6-8-25(31)17-24)29(35)20-34(26-11-9-22(3)10-12-26)40(37,38)28-15-13-27(39-5)14-16-28/h6-17,21,23H,18-20H2,1-5H3,(H,32,36)/t23-/m0/s1. The minimum Gasteiger partial charge on any atom is -0.354 e. The fraction of sp³-hybridized carbons (Fsp3) is 0.333. The molecule has 0 fully saturated rings. The van der Waals surface area contributed by atoms with Gasteiger partial charge in [-0.2, -0.15) is 0 Å². The van der Waals surface area contributed by atoms with E-state index in [-0.39, 0.29) is 23.3 Å². The predicted molar refractivity (Wildman–Crippen MR) is 163 cm³/mol. The van der Waals surface area contributed by atoms with Crippen LogP contribution in [0.4, 0.5) is 5.69 Å². The lowest BCUT2D eigenvalue weighted by Crippen LogP contribution is -2.51. The van der Waals surface area contributed by atoms with Crippen molar-refractivity contribution in [2.75, 3.05) is 23.7 Å². The number of hydrogen-bond acceptors (Lipinski definition) is 5. The van der Waals surface area contributed by atoms with Gasteiger partial charge in [0.05, 0.1) is 10.6 Å². The van der Waals surface area contributed by atoms with Crippen LogP contribution in [0.3, 0.4) is 0 Å². The molecule has 10 heteroatoms. The molecule has 0 aliphatic rings. The molecule has 0 spiro atoms. The third-order valence-corrected chi connectivity index (χ3v) is 9.11. The first-order chi connectivity index (χ1) is 18.9. The Hall–Kier alpha value is -3.01. The van der Waals surface area contributed by atoms with E-state index in [0.29, 0.717) is 17.3 Å². The molecule has 40 heavy (non-hydrogen) atoms. The Kier molecular flexibility index (Phi) is 11.1. The van der Waals surface area contributed by atoms with Crippen molar-refractivity contribution in [2.45, 2.75) is 50.1 Å². The first-order valence-corrected chi connectivity index (χ1v) is 16.0. The smallest absolute Gasteiger partial charge is 0.264 e. The molecule has 0 saturated heterocycles. The van der Waals surface area contributed by atoms with E-state index in [1.54, 1.807) is 73.7 Å². The summed E-state index contributed by atoms with van der Waals surface area (Å²) in [5.74, 6) is -0.605. The summed E-state index contributed by atoms with van der Waals surface area (Å²) in [7, 11) is -4.11. The molecule has 0 aliphatic carbocycles. The maximum Gasteiger partial charge on any atom is 0.264 e. The molecule has 1 atom stereocenters. The average molecular weight is 602 g/mol. The molecule has 0 unspecified atom stereocenters. The zero-order valence-corrected chi connectivity index (χ0v) is 25.8. The quantitative estimate of drug-likeness (QED) is 0.267. The van der Waals surface area contributed by atoms with Gasteiger partial charge >= 0.3 is 0 Å². The van der Waals surface area contributed by atoms with E-state index >= 15 is 0 Å². The van der Waals surface area contributed by atoms with Gasteiger partial charge in [-0.05, 0) is 80.1 Å². The fourth-order valence-electron chi connectivity index (χ4n) is 3.98. The van der Waals surface area contributed by atoms with E-state index in [0.717, 1.165) is 20.3 Å². The fourth-order valence-corrected chi connectivity index (χ4v) is 6.02. The van der Waals surface area contributed by atoms with Gasteiger partial charge in [0, 0.05) is 23.0 Å². The van der Waals surface area contributed by atoms with Gasteiger partial charge in [-0.25, -0.2) is 8.42 Å². The van der Waals surface area contributed by atoms with Crippen LogP contribution in [0.2, 0.25) is 5.02 Å². The summed E-state index contributed by atoms with van der Waals surface area (Å²) in [6.07, 6.45) is 1.91. The lowest BCUT2D eigenvalue weighted by Gasteiger charge is -2.32. The second kappa shape index (κ2) is 14.1. The van der Waals surface area contributed by atoms with Gasteiger partial charge in [-0.1, -0.05) is 55.3 Å². The van der Waals surface area contributed by atoms with Crippen molar-refractivity contribution >= 4 is 50.9 Å². The maximum absolute atomic E-state index is 13.9. The first kappa shape index (κ1) is 31.5. The van der Waals surface area contributed by atoms with Crippen LogP contribution in [0.25, 0.3) is 0 Å². The van der Waals surface area contributed by atoms with Gasteiger partial charge in [0.2, 0.25) is 11.8 Å². The Balaban J connectivity index is 2.01. The normalized spacial score (nSPS) is 12.2. The summed E-state index contributed by atoms with van der Waals surface area (Å²) in [6, 6.07) is 19.7. The SMILES string of the molecule is CSc1ccc(S(=O)(=O)N(CC(=O)N(Cc2cccc(Cl)c2)[C@@H](C)C(=O)NCC(C)C)c2ccc(C)cc2)cc1. The lowest BCUT2D eigenvalue weighted by molar-refractivity contribution is -0.139. The van der Waals surface area contributed by atoms with Crippen LogP contribution in [0.1, 0.15) is 31.9 Å². The van der Waals surface area contributed by atoms with Gasteiger partial charge in [0.25, 0.3) is 10.0 Å². The first-order valence-electron chi connectivity index (χ1n) is 13.0. The molecule has 0 bridgehead atoms. The van der Waals surface area contributed by atoms with Crippen LogP contribution >= 0.6 is 23.4 Å². The summed E-state index contributed by atoms with van der Waals surface area (Å²) in [4.78, 5) is 29.4. The van der Waals surface area contributed by atoms with Gasteiger partial charge in [-0.15, -0.1) is 11.8 Å². The van der Waals surface area contributed by atoms with Crippen LogP contribution in [0.15, 0.2) is 82.6 Å². The molecular weight excluding hydrogens is 566 g/mol. The van der Waals surface area contributed by atoms with E-state index in [9.17, 15) is 18.0 Å². The maximum atomic E-state index is 13.9.